The zero-order valence-corrected chi connectivity index (χ0v) is 9.36. The van der Waals surface area contributed by atoms with Crippen LogP contribution in [0.15, 0.2) is 41.3 Å². The molecule has 2 rings (SSSR count). The molecule has 0 fully saturated rings. The SMILES string of the molecule is O=C(O)c1c(-c2ccc(Cl)cc2)cc[nH]c1=O. The van der Waals surface area contributed by atoms with Crippen molar-refractivity contribution in [3.63, 3.8) is 0 Å². The summed E-state index contributed by atoms with van der Waals surface area (Å²) in [6, 6.07) is 8.18. The fourth-order valence-corrected chi connectivity index (χ4v) is 1.69. The Morgan fingerprint density at radius 1 is 1.18 bits per heavy atom. The van der Waals surface area contributed by atoms with Crippen LogP contribution in [0.25, 0.3) is 11.1 Å². The molecule has 0 atom stereocenters. The van der Waals surface area contributed by atoms with Crippen molar-refractivity contribution in [3.05, 3.63) is 57.5 Å². The minimum atomic E-state index is -1.25. The predicted molar refractivity (Wildman–Crippen MR) is 64.5 cm³/mol. The van der Waals surface area contributed by atoms with Gasteiger partial charge in [0.1, 0.15) is 5.56 Å². The zero-order valence-electron chi connectivity index (χ0n) is 8.61. The van der Waals surface area contributed by atoms with Gasteiger partial charge in [-0.25, -0.2) is 4.79 Å². The highest BCUT2D eigenvalue weighted by molar-refractivity contribution is 6.30. The Bertz CT molecular complexity index is 616. The standard InChI is InChI=1S/C12H8ClNO3/c13-8-3-1-7(2-4-8)9-5-6-14-11(15)10(9)12(16)17/h1-6H,(H,14,15)(H,16,17). The van der Waals surface area contributed by atoms with Crippen molar-refractivity contribution in [1.29, 1.82) is 0 Å². The summed E-state index contributed by atoms with van der Waals surface area (Å²) >= 11 is 5.75. The number of carboxylic acids is 1. The zero-order chi connectivity index (χ0) is 12.4. The molecule has 17 heavy (non-hydrogen) atoms. The Morgan fingerprint density at radius 2 is 1.82 bits per heavy atom. The molecule has 2 N–H and O–H groups in total. The van der Waals surface area contributed by atoms with Crippen molar-refractivity contribution in [1.82, 2.24) is 4.98 Å². The van der Waals surface area contributed by atoms with Crippen LogP contribution in [0.1, 0.15) is 10.4 Å². The lowest BCUT2D eigenvalue weighted by Crippen LogP contribution is -2.18. The number of benzene rings is 1. The molecule has 1 heterocycles. The van der Waals surface area contributed by atoms with Crippen molar-refractivity contribution < 1.29 is 9.90 Å². The molecule has 0 spiro atoms. The summed E-state index contributed by atoms with van der Waals surface area (Å²) < 4.78 is 0. The van der Waals surface area contributed by atoms with Crippen molar-refractivity contribution in [2.75, 3.05) is 0 Å². The quantitative estimate of drug-likeness (QED) is 0.859. The average molecular weight is 250 g/mol. The van der Waals surface area contributed by atoms with E-state index in [0.29, 0.717) is 16.1 Å². The molecule has 0 saturated carbocycles. The summed E-state index contributed by atoms with van der Waals surface area (Å²) in [6.45, 7) is 0. The monoisotopic (exact) mass is 249 g/mol. The summed E-state index contributed by atoms with van der Waals surface area (Å²) in [4.78, 5) is 24.8. The minimum absolute atomic E-state index is 0.269. The predicted octanol–water partition coefficient (Wildman–Crippen LogP) is 2.39. The third-order valence-corrected chi connectivity index (χ3v) is 2.58. The van der Waals surface area contributed by atoms with Gasteiger partial charge in [-0.3, -0.25) is 4.79 Å². The summed E-state index contributed by atoms with van der Waals surface area (Å²) in [5.41, 5.74) is 0.121. The van der Waals surface area contributed by atoms with Gasteiger partial charge in [-0.15, -0.1) is 0 Å². The first-order chi connectivity index (χ1) is 8.09. The smallest absolute Gasteiger partial charge is 0.341 e. The third kappa shape index (κ3) is 2.21. The number of aromatic nitrogens is 1. The highest BCUT2D eigenvalue weighted by Crippen LogP contribution is 2.22. The van der Waals surface area contributed by atoms with Crippen LogP contribution in [0.2, 0.25) is 5.02 Å². The molecule has 0 bridgehead atoms. The van der Waals surface area contributed by atoms with Gasteiger partial charge < -0.3 is 10.1 Å². The van der Waals surface area contributed by atoms with E-state index in [1.807, 2.05) is 0 Å². The summed E-state index contributed by atoms with van der Waals surface area (Å²) in [7, 11) is 0. The van der Waals surface area contributed by atoms with Crippen molar-refractivity contribution >= 4 is 17.6 Å². The van der Waals surface area contributed by atoms with Gasteiger partial charge in [0.2, 0.25) is 0 Å². The average Bonchev–Trinajstić information content (AvgIpc) is 2.29. The number of aromatic amines is 1. The Balaban J connectivity index is 2.67. The summed E-state index contributed by atoms with van der Waals surface area (Å²) in [6.07, 6.45) is 1.42. The molecule has 0 aliphatic carbocycles. The first-order valence-corrected chi connectivity index (χ1v) is 5.18. The minimum Gasteiger partial charge on any atom is -0.477 e. The molecule has 0 radical (unpaired) electrons. The number of aromatic carboxylic acids is 1. The van der Waals surface area contributed by atoms with E-state index in [0.717, 1.165) is 0 Å². The van der Waals surface area contributed by atoms with Gasteiger partial charge >= 0.3 is 5.97 Å². The molecule has 86 valence electrons. The fraction of sp³-hybridized carbons (Fsp3) is 0. The van der Waals surface area contributed by atoms with Gasteiger partial charge in [0.05, 0.1) is 0 Å². The van der Waals surface area contributed by atoms with Crippen molar-refractivity contribution in [2.24, 2.45) is 0 Å². The van der Waals surface area contributed by atoms with E-state index in [1.54, 1.807) is 30.3 Å². The number of halogens is 1. The number of hydrogen-bond acceptors (Lipinski definition) is 2. The molecule has 0 aliphatic heterocycles. The van der Waals surface area contributed by atoms with Crippen LogP contribution in [0.4, 0.5) is 0 Å². The maximum absolute atomic E-state index is 11.5. The van der Waals surface area contributed by atoms with E-state index < -0.39 is 11.5 Å². The van der Waals surface area contributed by atoms with E-state index in [2.05, 4.69) is 4.98 Å². The van der Waals surface area contributed by atoms with Crippen LogP contribution < -0.4 is 5.56 Å². The second kappa shape index (κ2) is 4.43. The molecular weight excluding hydrogens is 242 g/mol. The maximum atomic E-state index is 11.5. The molecule has 1 aromatic carbocycles. The highest BCUT2D eigenvalue weighted by atomic mass is 35.5. The van der Waals surface area contributed by atoms with Crippen LogP contribution in [0.3, 0.4) is 0 Å². The molecule has 0 unspecified atom stereocenters. The Hall–Kier alpha value is -2.07. The second-order valence-electron chi connectivity index (χ2n) is 3.41. The number of pyridine rings is 1. The van der Waals surface area contributed by atoms with Crippen LogP contribution in [0.5, 0.6) is 0 Å². The largest absolute Gasteiger partial charge is 0.477 e. The third-order valence-electron chi connectivity index (χ3n) is 2.33. The Kier molecular flexibility index (Phi) is 2.97. The normalized spacial score (nSPS) is 10.2. The van der Waals surface area contributed by atoms with Crippen LogP contribution in [0, 0.1) is 0 Å². The summed E-state index contributed by atoms with van der Waals surface area (Å²) in [5, 5.41) is 9.57. The number of carbonyl (C=O) groups is 1. The summed E-state index contributed by atoms with van der Waals surface area (Å²) in [5.74, 6) is -1.25. The fourth-order valence-electron chi connectivity index (χ4n) is 1.56. The van der Waals surface area contributed by atoms with Crippen LogP contribution in [-0.2, 0) is 0 Å². The number of H-pyrrole nitrogens is 1. The van der Waals surface area contributed by atoms with Gasteiger partial charge in [0.25, 0.3) is 5.56 Å². The first kappa shape index (κ1) is 11.4. The number of nitrogens with one attached hydrogen (secondary N) is 1. The van der Waals surface area contributed by atoms with Gasteiger partial charge in [-0.2, -0.15) is 0 Å². The molecule has 0 amide bonds. The highest BCUT2D eigenvalue weighted by Gasteiger charge is 2.15. The maximum Gasteiger partial charge on any atom is 0.341 e. The van der Waals surface area contributed by atoms with Crippen molar-refractivity contribution in [3.8, 4) is 11.1 Å². The lowest BCUT2D eigenvalue weighted by atomic mass is 10.0. The van der Waals surface area contributed by atoms with E-state index >= 15 is 0 Å². The molecule has 4 nitrogen and oxygen atoms in total. The Labute approximate surface area is 101 Å². The Morgan fingerprint density at radius 3 is 2.41 bits per heavy atom. The molecular formula is C12H8ClNO3. The molecule has 2 aromatic rings. The first-order valence-electron chi connectivity index (χ1n) is 4.80. The lowest BCUT2D eigenvalue weighted by molar-refractivity contribution is 0.0696. The van der Waals surface area contributed by atoms with E-state index in [4.69, 9.17) is 16.7 Å². The number of rotatable bonds is 2. The van der Waals surface area contributed by atoms with Gasteiger partial charge in [-0.1, -0.05) is 23.7 Å². The van der Waals surface area contributed by atoms with E-state index in [-0.39, 0.29) is 5.56 Å². The van der Waals surface area contributed by atoms with Crippen LogP contribution >= 0.6 is 11.6 Å². The van der Waals surface area contributed by atoms with E-state index in [1.165, 1.54) is 6.20 Å². The lowest BCUT2D eigenvalue weighted by Gasteiger charge is -2.04. The molecule has 1 aromatic heterocycles. The van der Waals surface area contributed by atoms with Gasteiger partial charge in [0, 0.05) is 16.8 Å². The van der Waals surface area contributed by atoms with Gasteiger partial charge in [0.15, 0.2) is 0 Å². The topological polar surface area (TPSA) is 70.2 Å². The molecule has 5 heteroatoms. The molecule has 0 aliphatic rings. The molecule has 0 saturated heterocycles. The van der Waals surface area contributed by atoms with E-state index in [9.17, 15) is 9.59 Å². The number of carboxylic acid groups (broad SMARTS) is 1. The van der Waals surface area contributed by atoms with Crippen LogP contribution in [-0.4, -0.2) is 16.1 Å². The van der Waals surface area contributed by atoms with Crippen molar-refractivity contribution in [2.45, 2.75) is 0 Å². The van der Waals surface area contributed by atoms with Gasteiger partial charge in [-0.05, 0) is 23.8 Å². The number of hydrogen-bond donors (Lipinski definition) is 2. The second-order valence-corrected chi connectivity index (χ2v) is 3.84.